The normalized spacial score (nSPS) is 18.4. The summed E-state index contributed by atoms with van der Waals surface area (Å²) in [5, 5.41) is 8.35. The van der Waals surface area contributed by atoms with E-state index < -0.39 is 0 Å². The molecule has 7 heteroatoms. The first-order valence-electron chi connectivity index (χ1n) is 9.83. The number of ether oxygens (including phenoxy) is 1. The fourth-order valence-corrected chi connectivity index (χ4v) is 4.15. The first-order chi connectivity index (χ1) is 13.1. The molecule has 0 bridgehead atoms. The Labute approximate surface area is 161 Å². The Morgan fingerprint density at radius 1 is 1.30 bits per heavy atom. The van der Waals surface area contributed by atoms with Crippen LogP contribution in [0.5, 0.6) is 0 Å². The number of nitrogens with zero attached hydrogens (tertiary/aromatic N) is 5. The molecule has 0 spiro atoms. The lowest BCUT2D eigenvalue weighted by molar-refractivity contribution is 0.0651. The molecule has 1 saturated heterocycles. The van der Waals surface area contributed by atoms with Crippen LogP contribution < -0.4 is 10.2 Å². The minimum Gasteiger partial charge on any atom is -0.387 e. The minimum absolute atomic E-state index is 0.446. The van der Waals surface area contributed by atoms with Gasteiger partial charge in [-0.25, -0.2) is 0 Å². The summed E-state index contributed by atoms with van der Waals surface area (Å²) in [4.78, 5) is 9.11. The highest BCUT2D eigenvalue weighted by Crippen LogP contribution is 2.35. The van der Waals surface area contributed by atoms with Gasteiger partial charge in [-0.15, -0.1) is 0 Å². The summed E-state index contributed by atoms with van der Waals surface area (Å²) in [6.45, 7) is 5.71. The van der Waals surface area contributed by atoms with Crippen molar-refractivity contribution in [2.75, 3.05) is 51.1 Å². The summed E-state index contributed by atoms with van der Waals surface area (Å²) in [6, 6.07) is 2.59. The highest BCUT2D eigenvalue weighted by molar-refractivity contribution is 5.67. The molecule has 146 valence electrons. The molecule has 4 rings (SSSR count). The van der Waals surface area contributed by atoms with Gasteiger partial charge in [-0.1, -0.05) is 0 Å². The van der Waals surface area contributed by atoms with Crippen LogP contribution in [0.2, 0.25) is 0 Å². The summed E-state index contributed by atoms with van der Waals surface area (Å²) in [5.74, 6) is 1.05. The predicted molar refractivity (Wildman–Crippen MR) is 108 cm³/mol. The number of hydrogen-bond acceptors (Lipinski definition) is 6. The zero-order valence-electron chi connectivity index (χ0n) is 16.8. The van der Waals surface area contributed by atoms with Gasteiger partial charge in [0.1, 0.15) is 0 Å². The average Bonchev–Trinajstić information content (AvgIpc) is 3.07. The lowest BCUT2D eigenvalue weighted by atomic mass is 10.0. The summed E-state index contributed by atoms with van der Waals surface area (Å²) in [6.07, 6.45) is 5.08. The number of likely N-dealkylation sites (N-methyl/N-ethyl adjacent to an activating group) is 1. The summed E-state index contributed by atoms with van der Waals surface area (Å²) >= 11 is 0. The lowest BCUT2D eigenvalue weighted by Crippen LogP contribution is -2.29. The summed E-state index contributed by atoms with van der Waals surface area (Å²) < 4.78 is 7.87. The molecule has 0 aliphatic carbocycles. The van der Waals surface area contributed by atoms with Crippen molar-refractivity contribution in [3.8, 4) is 0 Å². The number of rotatable bonds is 4. The molecule has 2 aromatic heterocycles. The number of pyridine rings is 1. The van der Waals surface area contributed by atoms with Crippen LogP contribution in [-0.2, 0) is 17.7 Å². The molecule has 0 saturated carbocycles. The molecule has 0 unspecified atom stereocenters. The average molecular weight is 371 g/mol. The molecule has 0 atom stereocenters. The van der Waals surface area contributed by atoms with Crippen LogP contribution in [0.4, 0.5) is 17.2 Å². The molecule has 27 heavy (non-hydrogen) atoms. The van der Waals surface area contributed by atoms with Crippen LogP contribution >= 0.6 is 0 Å². The number of fused-ring (bicyclic) bond motifs is 1. The van der Waals surface area contributed by atoms with E-state index in [0.29, 0.717) is 6.04 Å². The van der Waals surface area contributed by atoms with Crippen molar-refractivity contribution in [1.82, 2.24) is 19.7 Å². The standard InChI is InChI=1S/C20H30N6O/c1-14-18(21-2)11-16(12-22-14)25(4)20-17-13-24(3)8-5-19(17)26(23-20)15-6-9-27-10-7-15/h11-12,15,21H,5-10,13H2,1-4H3. The monoisotopic (exact) mass is 370 g/mol. The van der Waals surface area contributed by atoms with Gasteiger partial charge >= 0.3 is 0 Å². The molecule has 0 aromatic carbocycles. The van der Waals surface area contributed by atoms with Crippen molar-refractivity contribution in [2.24, 2.45) is 0 Å². The summed E-state index contributed by atoms with van der Waals surface area (Å²) in [5.41, 5.74) is 5.86. The zero-order valence-corrected chi connectivity index (χ0v) is 16.8. The van der Waals surface area contributed by atoms with Gasteiger partial charge in [0.2, 0.25) is 0 Å². The Balaban J connectivity index is 1.74. The molecule has 1 N–H and O–H groups in total. The van der Waals surface area contributed by atoms with Gasteiger partial charge in [-0.05, 0) is 32.9 Å². The fraction of sp³-hybridized carbons (Fsp3) is 0.600. The maximum atomic E-state index is 5.57. The molecule has 0 amide bonds. The van der Waals surface area contributed by atoms with Gasteiger partial charge in [-0.2, -0.15) is 5.10 Å². The van der Waals surface area contributed by atoms with Gasteiger partial charge in [-0.3, -0.25) is 9.67 Å². The maximum absolute atomic E-state index is 5.57. The third-order valence-electron chi connectivity index (χ3n) is 5.84. The van der Waals surface area contributed by atoms with Gasteiger partial charge in [0.15, 0.2) is 5.82 Å². The molecular weight excluding hydrogens is 340 g/mol. The quantitative estimate of drug-likeness (QED) is 0.893. The number of hydrogen-bond donors (Lipinski definition) is 1. The van der Waals surface area contributed by atoms with E-state index in [1.54, 1.807) is 0 Å². The van der Waals surface area contributed by atoms with E-state index in [4.69, 9.17) is 9.84 Å². The van der Waals surface area contributed by atoms with Gasteiger partial charge in [0, 0.05) is 58.1 Å². The fourth-order valence-electron chi connectivity index (χ4n) is 4.15. The third-order valence-corrected chi connectivity index (χ3v) is 5.84. The number of anilines is 3. The van der Waals surface area contributed by atoms with Crippen molar-refractivity contribution in [3.05, 3.63) is 29.2 Å². The summed E-state index contributed by atoms with van der Waals surface area (Å²) in [7, 11) is 6.22. The first-order valence-corrected chi connectivity index (χ1v) is 9.83. The van der Waals surface area contributed by atoms with Crippen LogP contribution in [-0.4, -0.2) is 60.6 Å². The number of aryl methyl sites for hydroxylation is 1. The van der Waals surface area contributed by atoms with Crippen molar-refractivity contribution < 1.29 is 4.74 Å². The van der Waals surface area contributed by atoms with Crippen molar-refractivity contribution in [2.45, 2.75) is 38.8 Å². The molecule has 2 aliphatic heterocycles. The van der Waals surface area contributed by atoms with Crippen molar-refractivity contribution >= 4 is 17.2 Å². The molecule has 7 nitrogen and oxygen atoms in total. The highest BCUT2D eigenvalue weighted by Gasteiger charge is 2.29. The van der Waals surface area contributed by atoms with Crippen molar-refractivity contribution in [3.63, 3.8) is 0 Å². The second-order valence-corrected chi connectivity index (χ2v) is 7.66. The predicted octanol–water partition coefficient (Wildman–Crippen LogP) is 2.74. The van der Waals surface area contributed by atoms with E-state index in [1.165, 1.54) is 11.3 Å². The third kappa shape index (κ3) is 3.41. The van der Waals surface area contributed by atoms with Gasteiger partial charge in [0.25, 0.3) is 0 Å². The Bertz CT molecular complexity index is 811. The van der Waals surface area contributed by atoms with Crippen molar-refractivity contribution in [1.29, 1.82) is 0 Å². The van der Waals surface area contributed by atoms with Crippen LogP contribution in [0.15, 0.2) is 12.3 Å². The van der Waals surface area contributed by atoms with E-state index in [1.807, 2.05) is 20.2 Å². The highest BCUT2D eigenvalue weighted by atomic mass is 16.5. The Hall–Kier alpha value is -2.12. The van der Waals surface area contributed by atoms with Gasteiger partial charge < -0.3 is 19.9 Å². The molecule has 4 heterocycles. The molecule has 0 radical (unpaired) electrons. The van der Waals surface area contributed by atoms with E-state index >= 15 is 0 Å². The van der Waals surface area contributed by atoms with Crippen LogP contribution in [0.25, 0.3) is 0 Å². The first kappa shape index (κ1) is 18.3. The second kappa shape index (κ2) is 7.48. The Morgan fingerprint density at radius 2 is 2.07 bits per heavy atom. The molecule has 2 aliphatic rings. The van der Waals surface area contributed by atoms with E-state index in [9.17, 15) is 0 Å². The van der Waals surface area contributed by atoms with Crippen LogP contribution in [0, 0.1) is 6.92 Å². The second-order valence-electron chi connectivity index (χ2n) is 7.66. The van der Waals surface area contributed by atoms with E-state index in [0.717, 1.165) is 68.5 Å². The topological polar surface area (TPSA) is 58.5 Å². The van der Waals surface area contributed by atoms with Crippen LogP contribution in [0.1, 0.15) is 35.8 Å². The Morgan fingerprint density at radius 3 is 2.81 bits per heavy atom. The maximum Gasteiger partial charge on any atom is 0.159 e. The SMILES string of the molecule is CNc1cc(N(C)c2nn(C3CCOCC3)c3c2CN(C)CC3)cnc1C. The zero-order chi connectivity index (χ0) is 19.0. The molecular formula is C20H30N6O. The van der Waals surface area contributed by atoms with Crippen LogP contribution in [0.3, 0.4) is 0 Å². The Kier molecular flexibility index (Phi) is 5.06. The largest absolute Gasteiger partial charge is 0.387 e. The molecule has 2 aromatic rings. The van der Waals surface area contributed by atoms with E-state index in [2.05, 4.69) is 44.9 Å². The lowest BCUT2D eigenvalue weighted by Gasteiger charge is -2.28. The van der Waals surface area contributed by atoms with Gasteiger partial charge in [0.05, 0.1) is 29.3 Å². The smallest absolute Gasteiger partial charge is 0.159 e. The number of nitrogens with one attached hydrogen (secondary N) is 1. The minimum atomic E-state index is 0.446. The number of aromatic nitrogens is 3. The molecule has 1 fully saturated rings. The van der Waals surface area contributed by atoms with E-state index in [-0.39, 0.29) is 0 Å².